The van der Waals surface area contributed by atoms with Gasteiger partial charge in [0.1, 0.15) is 0 Å². The standard InChI is InChI=1S/C16H22OS/c1-12-6-8-14(9-7-12)17-10-13-11-18-16-5-3-2-4-15(13)16/h2-5,12-14H,6-11H2,1H3. The monoisotopic (exact) mass is 262 g/mol. The number of thioether (sulfide) groups is 1. The molecule has 1 atom stereocenters. The Bertz CT molecular complexity index is 396. The smallest absolute Gasteiger partial charge is 0.0575 e. The topological polar surface area (TPSA) is 9.23 Å². The van der Waals surface area contributed by atoms with Gasteiger partial charge in [0.2, 0.25) is 0 Å². The molecule has 2 heteroatoms. The number of fused-ring (bicyclic) bond motifs is 1. The summed E-state index contributed by atoms with van der Waals surface area (Å²) in [6, 6.07) is 8.80. The Morgan fingerprint density at radius 1 is 1.17 bits per heavy atom. The predicted molar refractivity (Wildman–Crippen MR) is 77.3 cm³/mol. The molecule has 0 radical (unpaired) electrons. The second-order valence-corrected chi connectivity index (χ2v) is 6.82. The van der Waals surface area contributed by atoms with Crippen molar-refractivity contribution in [3.05, 3.63) is 29.8 Å². The molecule has 0 bridgehead atoms. The molecule has 1 saturated carbocycles. The Balaban J connectivity index is 1.53. The summed E-state index contributed by atoms with van der Waals surface area (Å²) in [6.45, 7) is 3.28. The fourth-order valence-corrected chi connectivity index (χ4v) is 4.25. The highest BCUT2D eigenvalue weighted by Crippen LogP contribution is 2.39. The summed E-state index contributed by atoms with van der Waals surface area (Å²) in [5, 5.41) is 0. The van der Waals surface area contributed by atoms with Crippen LogP contribution in [-0.4, -0.2) is 18.5 Å². The summed E-state index contributed by atoms with van der Waals surface area (Å²) in [5.41, 5.74) is 1.51. The third-order valence-corrected chi connectivity index (χ3v) is 5.55. The van der Waals surface area contributed by atoms with Gasteiger partial charge in [-0.3, -0.25) is 0 Å². The van der Waals surface area contributed by atoms with Crippen LogP contribution in [0.3, 0.4) is 0 Å². The zero-order valence-electron chi connectivity index (χ0n) is 11.1. The van der Waals surface area contributed by atoms with Crippen molar-refractivity contribution >= 4 is 11.8 Å². The zero-order valence-corrected chi connectivity index (χ0v) is 11.9. The highest BCUT2D eigenvalue weighted by molar-refractivity contribution is 7.99. The Morgan fingerprint density at radius 2 is 1.94 bits per heavy atom. The van der Waals surface area contributed by atoms with Crippen LogP contribution in [0.25, 0.3) is 0 Å². The molecule has 3 rings (SSSR count). The van der Waals surface area contributed by atoms with Gasteiger partial charge in [-0.25, -0.2) is 0 Å². The summed E-state index contributed by atoms with van der Waals surface area (Å²) < 4.78 is 6.16. The largest absolute Gasteiger partial charge is 0.378 e. The van der Waals surface area contributed by atoms with E-state index >= 15 is 0 Å². The number of rotatable bonds is 3. The van der Waals surface area contributed by atoms with E-state index in [9.17, 15) is 0 Å². The molecule has 0 spiro atoms. The van der Waals surface area contributed by atoms with E-state index in [1.165, 1.54) is 41.9 Å². The lowest BCUT2D eigenvalue weighted by atomic mass is 9.89. The molecule has 0 saturated heterocycles. The van der Waals surface area contributed by atoms with Gasteiger partial charge in [0.05, 0.1) is 12.7 Å². The Kier molecular flexibility index (Phi) is 3.95. The molecule has 1 heterocycles. The molecule has 0 N–H and O–H groups in total. The first kappa shape index (κ1) is 12.6. The Morgan fingerprint density at radius 3 is 2.78 bits per heavy atom. The average molecular weight is 262 g/mol. The molecule has 0 amide bonds. The predicted octanol–water partition coefficient (Wildman–Crippen LogP) is 4.47. The molecule has 18 heavy (non-hydrogen) atoms. The van der Waals surface area contributed by atoms with Crippen LogP contribution in [0.5, 0.6) is 0 Å². The number of benzene rings is 1. The minimum absolute atomic E-state index is 0.527. The lowest BCUT2D eigenvalue weighted by Crippen LogP contribution is -2.22. The van der Waals surface area contributed by atoms with Crippen molar-refractivity contribution in [3.8, 4) is 0 Å². The zero-order chi connectivity index (χ0) is 12.4. The molecule has 1 unspecified atom stereocenters. The van der Waals surface area contributed by atoms with Gasteiger partial charge < -0.3 is 4.74 Å². The van der Waals surface area contributed by atoms with Crippen molar-refractivity contribution in [1.82, 2.24) is 0 Å². The SMILES string of the molecule is CC1CCC(OCC2CSc3ccccc32)CC1. The van der Waals surface area contributed by atoms with E-state index in [1.54, 1.807) is 0 Å². The van der Waals surface area contributed by atoms with Crippen LogP contribution in [0.4, 0.5) is 0 Å². The third kappa shape index (κ3) is 2.75. The van der Waals surface area contributed by atoms with Gasteiger partial charge in [0, 0.05) is 16.6 Å². The van der Waals surface area contributed by atoms with Gasteiger partial charge in [0.15, 0.2) is 0 Å². The van der Waals surface area contributed by atoms with E-state index in [-0.39, 0.29) is 0 Å². The van der Waals surface area contributed by atoms with Gasteiger partial charge in [0.25, 0.3) is 0 Å². The Labute approximate surface area is 114 Å². The second kappa shape index (κ2) is 5.66. The minimum Gasteiger partial charge on any atom is -0.378 e. The normalized spacial score (nSPS) is 31.3. The second-order valence-electron chi connectivity index (χ2n) is 5.76. The van der Waals surface area contributed by atoms with E-state index in [2.05, 4.69) is 31.2 Å². The van der Waals surface area contributed by atoms with Crippen LogP contribution >= 0.6 is 11.8 Å². The number of hydrogen-bond acceptors (Lipinski definition) is 2. The first-order valence-electron chi connectivity index (χ1n) is 7.16. The number of ether oxygens (including phenoxy) is 1. The molecule has 1 aliphatic carbocycles. The Hall–Kier alpha value is -0.470. The van der Waals surface area contributed by atoms with Gasteiger partial charge in [-0.2, -0.15) is 0 Å². The van der Waals surface area contributed by atoms with E-state index < -0.39 is 0 Å². The number of hydrogen-bond donors (Lipinski definition) is 0. The van der Waals surface area contributed by atoms with Crippen LogP contribution in [-0.2, 0) is 4.74 Å². The highest BCUT2D eigenvalue weighted by atomic mass is 32.2. The van der Waals surface area contributed by atoms with Crippen molar-refractivity contribution in [2.24, 2.45) is 5.92 Å². The van der Waals surface area contributed by atoms with E-state index in [0.29, 0.717) is 12.0 Å². The fourth-order valence-electron chi connectivity index (χ4n) is 3.02. The van der Waals surface area contributed by atoms with Gasteiger partial charge in [-0.15, -0.1) is 11.8 Å². The van der Waals surface area contributed by atoms with Gasteiger partial charge in [-0.1, -0.05) is 25.1 Å². The third-order valence-electron chi connectivity index (χ3n) is 4.29. The first-order valence-corrected chi connectivity index (χ1v) is 8.15. The average Bonchev–Trinajstić information content (AvgIpc) is 2.82. The molecule has 98 valence electrons. The molecule has 0 aromatic heterocycles. The van der Waals surface area contributed by atoms with Gasteiger partial charge >= 0.3 is 0 Å². The molecule has 1 fully saturated rings. The molecule has 1 aromatic carbocycles. The first-order chi connectivity index (χ1) is 8.83. The quantitative estimate of drug-likeness (QED) is 0.794. The molecule has 1 aliphatic heterocycles. The summed E-state index contributed by atoms with van der Waals surface area (Å²) in [7, 11) is 0. The molecular weight excluding hydrogens is 240 g/mol. The van der Waals surface area contributed by atoms with Crippen molar-refractivity contribution in [3.63, 3.8) is 0 Å². The van der Waals surface area contributed by atoms with Crippen molar-refractivity contribution in [2.75, 3.05) is 12.4 Å². The van der Waals surface area contributed by atoms with Crippen molar-refractivity contribution in [2.45, 2.75) is 49.5 Å². The van der Waals surface area contributed by atoms with Crippen LogP contribution in [0.15, 0.2) is 29.2 Å². The van der Waals surface area contributed by atoms with Crippen LogP contribution < -0.4 is 0 Å². The molecule has 2 aliphatic rings. The lowest BCUT2D eigenvalue weighted by molar-refractivity contribution is 0.0145. The van der Waals surface area contributed by atoms with Gasteiger partial charge in [-0.05, 0) is 43.2 Å². The lowest BCUT2D eigenvalue weighted by Gasteiger charge is -2.27. The fraction of sp³-hybridized carbons (Fsp3) is 0.625. The highest BCUT2D eigenvalue weighted by Gasteiger charge is 2.25. The summed E-state index contributed by atoms with van der Waals surface area (Å²) >= 11 is 1.98. The molecule has 1 nitrogen and oxygen atoms in total. The van der Waals surface area contributed by atoms with E-state index in [0.717, 1.165) is 12.5 Å². The van der Waals surface area contributed by atoms with Crippen LogP contribution in [0.1, 0.15) is 44.1 Å². The maximum Gasteiger partial charge on any atom is 0.0575 e. The minimum atomic E-state index is 0.527. The van der Waals surface area contributed by atoms with Crippen LogP contribution in [0, 0.1) is 5.92 Å². The maximum atomic E-state index is 6.16. The van der Waals surface area contributed by atoms with Crippen molar-refractivity contribution < 1.29 is 4.74 Å². The molecular formula is C16H22OS. The molecule has 1 aromatic rings. The van der Waals surface area contributed by atoms with E-state index in [1.807, 2.05) is 11.8 Å². The van der Waals surface area contributed by atoms with E-state index in [4.69, 9.17) is 4.74 Å². The summed E-state index contributed by atoms with van der Waals surface area (Å²) in [5.74, 6) is 2.72. The summed E-state index contributed by atoms with van der Waals surface area (Å²) in [6.07, 6.45) is 5.76. The summed E-state index contributed by atoms with van der Waals surface area (Å²) in [4.78, 5) is 1.46. The van der Waals surface area contributed by atoms with Crippen molar-refractivity contribution in [1.29, 1.82) is 0 Å². The van der Waals surface area contributed by atoms with Crippen LogP contribution in [0.2, 0.25) is 0 Å². The maximum absolute atomic E-state index is 6.16.